The molecule has 2 aromatic carbocycles. The minimum absolute atomic E-state index is 0.00433. The van der Waals surface area contributed by atoms with E-state index in [-0.39, 0.29) is 18.1 Å². The second-order valence-electron chi connectivity index (χ2n) is 7.07. The first kappa shape index (κ1) is 19.6. The third kappa shape index (κ3) is 5.43. The summed E-state index contributed by atoms with van der Waals surface area (Å²) < 4.78 is 6.02. The zero-order chi connectivity index (χ0) is 19.9. The third-order valence-corrected chi connectivity index (χ3v) is 4.62. The highest BCUT2D eigenvalue weighted by molar-refractivity contribution is 5.73. The van der Waals surface area contributed by atoms with Crippen molar-refractivity contribution in [2.45, 2.75) is 39.3 Å². The number of nitrogens with zero attached hydrogens (tertiary/aromatic N) is 1. The molecule has 4 heteroatoms. The standard InChI is InChI=1S/C24H26N2O2/c1-17(26-19(3)27)16-20-4-6-22(7-5-20)23-8-10-24(11-9-23)28-18(2)21-12-14-25-15-13-21/h4-15,17-18H,16H2,1-3H3,(H,26,27). The molecule has 1 amide bonds. The maximum atomic E-state index is 11.1. The lowest BCUT2D eigenvalue weighted by Crippen LogP contribution is -2.31. The first-order chi connectivity index (χ1) is 13.5. The largest absolute Gasteiger partial charge is 0.486 e. The molecule has 0 aliphatic rings. The van der Waals surface area contributed by atoms with E-state index in [4.69, 9.17) is 4.74 Å². The molecule has 0 saturated carbocycles. The molecule has 0 spiro atoms. The van der Waals surface area contributed by atoms with Crippen LogP contribution in [-0.2, 0) is 11.2 Å². The average Bonchev–Trinajstić information content (AvgIpc) is 2.69. The molecule has 3 aromatic rings. The van der Waals surface area contributed by atoms with Crippen molar-refractivity contribution in [2.75, 3.05) is 0 Å². The van der Waals surface area contributed by atoms with Crippen molar-refractivity contribution in [3.05, 3.63) is 84.2 Å². The van der Waals surface area contributed by atoms with Gasteiger partial charge in [-0.1, -0.05) is 36.4 Å². The summed E-state index contributed by atoms with van der Waals surface area (Å²) in [6.07, 6.45) is 4.34. The van der Waals surface area contributed by atoms with E-state index in [2.05, 4.69) is 46.7 Å². The lowest BCUT2D eigenvalue weighted by molar-refractivity contribution is -0.119. The molecule has 2 unspecified atom stereocenters. The van der Waals surface area contributed by atoms with Gasteiger partial charge in [0, 0.05) is 25.4 Å². The molecule has 1 heterocycles. The summed E-state index contributed by atoms with van der Waals surface area (Å²) >= 11 is 0. The van der Waals surface area contributed by atoms with Gasteiger partial charge in [0.15, 0.2) is 0 Å². The fourth-order valence-electron chi connectivity index (χ4n) is 3.22. The summed E-state index contributed by atoms with van der Waals surface area (Å²) in [5.74, 6) is 0.846. The maximum Gasteiger partial charge on any atom is 0.217 e. The Balaban J connectivity index is 1.62. The first-order valence-electron chi connectivity index (χ1n) is 9.54. The van der Waals surface area contributed by atoms with Crippen molar-refractivity contribution in [2.24, 2.45) is 0 Å². The van der Waals surface area contributed by atoms with Crippen molar-refractivity contribution in [3.8, 4) is 16.9 Å². The van der Waals surface area contributed by atoms with Gasteiger partial charge >= 0.3 is 0 Å². The van der Waals surface area contributed by atoms with Crippen molar-refractivity contribution in [3.63, 3.8) is 0 Å². The van der Waals surface area contributed by atoms with Crippen LogP contribution < -0.4 is 10.1 Å². The number of nitrogens with one attached hydrogen (secondary N) is 1. The van der Waals surface area contributed by atoms with E-state index in [0.29, 0.717) is 0 Å². The fraction of sp³-hybridized carbons (Fsp3) is 0.250. The van der Waals surface area contributed by atoms with Gasteiger partial charge < -0.3 is 10.1 Å². The highest BCUT2D eigenvalue weighted by Crippen LogP contribution is 2.26. The topological polar surface area (TPSA) is 51.2 Å². The van der Waals surface area contributed by atoms with Crippen LogP contribution in [0, 0.1) is 0 Å². The Morgan fingerprint density at radius 2 is 1.50 bits per heavy atom. The number of rotatable bonds is 7. The van der Waals surface area contributed by atoms with Crippen molar-refractivity contribution in [1.82, 2.24) is 10.3 Å². The van der Waals surface area contributed by atoms with E-state index < -0.39 is 0 Å². The molecular formula is C24H26N2O2. The van der Waals surface area contributed by atoms with Crippen LogP contribution in [0.4, 0.5) is 0 Å². The van der Waals surface area contributed by atoms with E-state index >= 15 is 0 Å². The van der Waals surface area contributed by atoms with Crippen LogP contribution in [0.3, 0.4) is 0 Å². The Labute approximate surface area is 166 Å². The van der Waals surface area contributed by atoms with E-state index in [1.165, 1.54) is 5.56 Å². The molecule has 0 fully saturated rings. The minimum atomic E-state index is -0.0289. The molecule has 0 saturated heterocycles. The summed E-state index contributed by atoms with van der Waals surface area (Å²) in [4.78, 5) is 15.2. The number of carbonyl (C=O) groups excluding carboxylic acids is 1. The number of aromatic nitrogens is 1. The summed E-state index contributed by atoms with van der Waals surface area (Å²) in [7, 11) is 0. The predicted molar refractivity (Wildman–Crippen MR) is 112 cm³/mol. The van der Waals surface area contributed by atoms with Gasteiger partial charge in [-0.05, 0) is 66.8 Å². The zero-order valence-electron chi connectivity index (χ0n) is 16.6. The Hall–Kier alpha value is -3.14. The lowest BCUT2D eigenvalue weighted by atomic mass is 10.0. The Morgan fingerprint density at radius 3 is 2.07 bits per heavy atom. The van der Waals surface area contributed by atoms with Crippen LogP contribution in [0.15, 0.2) is 73.1 Å². The Bertz CT molecular complexity index is 890. The van der Waals surface area contributed by atoms with Crippen molar-refractivity contribution >= 4 is 5.91 Å². The highest BCUT2D eigenvalue weighted by atomic mass is 16.5. The average molecular weight is 374 g/mol. The second-order valence-corrected chi connectivity index (χ2v) is 7.07. The van der Waals surface area contributed by atoms with Crippen molar-refractivity contribution < 1.29 is 9.53 Å². The molecule has 1 N–H and O–H groups in total. The van der Waals surface area contributed by atoms with Gasteiger partial charge in [-0.2, -0.15) is 0 Å². The third-order valence-electron chi connectivity index (χ3n) is 4.62. The zero-order valence-corrected chi connectivity index (χ0v) is 16.6. The number of carbonyl (C=O) groups is 1. The van der Waals surface area contributed by atoms with Crippen LogP contribution in [0.1, 0.15) is 38.0 Å². The van der Waals surface area contributed by atoms with Gasteiger partial charge in [0.2, 0.25) is 5.91 Å². The van der Waals surface area contributed by atoms with Crippen LogP contribution in [0.25, 0.3) is 11.1 Å². The molecule has 1 aromatic heterocycles. The molecule has 0 radical (unpaired) electrons. The van der Waals surface area contributed by atoms with Crippen LogP contribution in [-0.4, -0.2) is 16.9 Å². The smallest absolute Gasteiger partial charge is 0.217 e. The molecule has 4 nitrogen and oxygen atoms in total. The van der Waals surface area contributed by atoms with Gasteiger partial charge in [0.05, 0.1) is 0 Å². The number of pyridine rings is 1. The van der Waals surface area contributed by atoms with E-state index in [1.54, 1.807) is 19.3 Å². The second kappa shape index (κ2) is 9.18. The number of hydrogen-bond donors (Lipinski definition) is 1. The summed E-state index contributed by atoms with van der Waals surface area (Å²) in [5, 5.41) is 2.91. The monoisotopic (exact) mass is 374 g/mol. The van der Waals surface area contributed by atoms with Gasteiger partial charge in [0.25, 0.3) is 0 Å². The number of benzene rings is 2. The quantitative estimate of drug-likeness (QED) is 0.636. The molecule has 0 aliphatic heterocycles. The molecular weight excluding hydrogens is 348 g/mol. The predicted octanol–water partition coefficient (Wildman–Crippen LogP) is 4.96. The number of amides is 1. The molecule has 28 heavy (non-hydrogen) atoms. The normalized spacial score (nSPS) is 12.8. The van der Waals surface area contributed by atoms with E-state index in [0.717, 1.165) is 28.9 Å². The summed E-state index contributed by atoms with van der Waals surface area (Å²) in [6, 6.07) is 20.7. The van der Waals surface area contributed by atoms with E-state index in [1.807, 2.05) is 38.1 Å². The Kier molecular flexibility index (Phi) is 6.43. The van der Waals surface area contributed by atoms with Gasteiger partial charge in [-0.15, -0.1) is 0 Å². The first-order valence-corrected chi connectivity index (χ1v) is 9.54. The molecule has 0 bridgehead atoms. The molecule has 2 atom stereocenters. The Morgan fingerprint density at radius 1 is 0.929 bits per heavy atom. The maximum absolute atomic E-state index is 11.1. The van der Waals surface area contributed by atoms with Gasteiger partial charge in [-0.25, -0.2) is 0 Å². The summed E-state index contributed by atoms with van der Waals surface area (Å²) in [5.41, 5.74) is 4.61. The van der Waals surface area contributed by atoms with Crippen LogP contribution in [0.2, 0.25) is 0 Å². The molecule has 0 aliphatic carbocycles. The SMILES string of the molecule is CC(=O)NC(C)Cc1ccc(-c2ccc(OC(C)c3ccncc3)cc2)cc1. The highest BCUT2D eigenvalue weighted by Gasteiger charge is 2.08. The van der Waals surface area contributed by atoms with Crippen LogP contribution in [0.5, 0.6) is 5.75 Å². The fourth-order valence-corrected chi connectivity index (χ4v) is 3.22. The molecule has 144 valence electrons. The number of hydrogen-bond acceptors (Lipinski definition) is 3. The van der Waals surface area contributed by atoms with Crippen molar-refractivity contribution in [1.29, 1.82) is 0 Å². The van der Waals surface area contributed by atoms with E-state index in [9.17, 15) is 4.79 Å². The van der Waals surface area contributed by atoms with Gasteiger partial charge in [-0.3, -0.25) is 9.78 Å². The number of ether oxygens (including phenoxy) is 1. The van der Waals surface area contributed by atoms with Crippen LogP contribution >= 0.6 is 0 Å². The molecule has 3 rings (SSSR count). The van der Waals surface area contributed by atoms with Gasteiger partial charge in [0.1, 0.15) is 11.9 Å². The summed E-state index contributed by atoms with van der Waals surface area (Å²) in [6.45, 7) is 5.59. The lowest BCUT2D eigenvalue weighted by Gasteiger charge is -2.15. The minimum Gasteiger partial charge on any atom is -0.486 e.